The van der Waals surface area contributed by atoms with Crippen LogP contribution in [0.1, 0.15) is 18.1 Å². The molecule has 1 aromatic heterocycles. The summed E-state index contributed by atoms with van der Waals surface area (Å²) < 4.78 is 27.3. The lowest BCUT2D eigenvalue weighted by Gasteiger charge is -2.33. The number of amides is 1. The molecule has 2 aromatic rings. The molecule has 1 aromatic carbocycles. The topological polar surface area (TPSA) is 57.7 Å². The first-order valence-corrected chi connectivity index (χ1v) is 11.3. The van der Waals surface area contributed by atoms with Gasteiger partial charge in [0.1, 0.15) is 4.21 Å². The number of nitrogens with zero attached hydrogens (tertiary/aromatic N) is 2. The van der Waals surface area contributed by atoms with Crippen molar-refractivity contribution < 1.29 is 13.2 Å². The van der Waals surface area contributed by atoms with Gasteiger partial charge in [-0.1, -0.05) is 42.8 Å². The largest absolute Gasteiger partial charge is 0.337 e. The third kappa shape index (κ3) is 4.79. The van der Waals surface area contributed by atoms with Gasteiger partial charge in [0.15, 0.2) is 0 Å². The second-order valence-corrected chi connectivity index (χ2v) is 10.1. The van der Waals surface area contributed by atoms with Gasteiger partial charge >= 0.3 is 0 Å². The molecule has 0 N–H and O–H groups in total. The van der Waals surface area contributed by atoms with Gasteiger partial charge in [0.2, 0.25) is 5.91 Å². The van der Waals surface area contributed by atoms with Gasteiger partial charge in [0.05, 0.1) is 4.34 Å². The van der Waals surface area contributed by atoms with E-state index in [-0.39, 0.29) is 23.2 Å². The Labute approximate surface area is 168 Å². The van der Waals surface area contributed by atoms with Gasteiger partial charge in [-0.15, -0.1) is 11.3 Å². The molecule has 8 heteroatoms. The highest BCUT2D eigenvalue weighted by molar-refractivity contribution is 7.91. The zero-order valence-corrected chi connectivity index (χ0v) is 17.4. The number of sulfonamides is 1. The molecule has 144 valence electrons. The number of aryl methyl sites for hydroxylation is 1. The highest BCUT2D eigenvalue weighted by Crippen LogP contribution is 2.28. The molecule has 1 fully saturated rings. The summed E-state index contributed by atoms with van der Waals surface area (Å²) in [6, 6.07) is 11.2. The summed E-state index contributed by atoms with van der Waals surface area (Å²) in [5, 5.41) is 0. The predicted octanol–water partition coefficient (Wildman–Crippen LogP) is 3.51. The molecule has 2 heterocycles. The average molecular weight is 425 g/mol. The molecule has 0 aliphatic carbocycles. The maximum atomic E-state index is 12.6. The van der Waals surface area contributed by atoms with Gasteiger partial charge in [-0.3, -0.25) is 4.79 Å². The van der Waals surface area contributed by atoms with Crippen LogP contribution in [0.3, 0.4) is 0 Å². The van der Waals surface area contributed by atoms with Gasteiger partial charge in [-0.05, 0) is 35.8 Å². The zero-order valence-electron chi connectivity index (χ0n) is 15.0. The van der Waals surface area contributed by atoms with Crippen molar-refractivity contribution in [1.29, 1.82) is 0 Å². The normalized spacial score (nSPS) is 16.1. The average Bonchev–Trinajstić information content (AvgIpc) is 3.14. The van der Waals surface area contributed by atoms with Crippen LogP contribution in [0.25, 0.3) is 6.08 Å². The molecule has 0 atom stereocenters. The van der Waals surface area contributed by atoms with Crippen molar-refractivity contribution in [3.63, 3.8) is 0 Å². The standard InChI is InChI=1S/C19H21ClN2O3S2/c1-2-15-3-5-16(6-4-15)7-9-18(23)21-11-13-22(14-12-21)27(24,25)19-10-8-17(20)26-19/h3-10H,2,11-14H2,1H3. The summed E-state index contributed by atoms with van der Waals surface area (Å²) in [6.07, 6.45) is 4.32. The third-order valence-electron chi connectivity index (χ3n) is 4.50. The number of carbonyl (C=O) groups excluding carboxylic acids is 1. The van der Waals surface area contributed by atoms with Gasteiger partial charge in [-0.25, -0.2) is 8.42 Å². The van der Waals surface area contributed by atoms with E-state index in [9.17, 15) is 13.2 Å². The monoisotopic (exact) mass is 424 g/mol. The molecule has 1 aliphatic rings. The number of halogens is 1. The third-order valence-corrected chi connectivity index (χ3v) is 8.10. The summed E-state index contributed by atoms with van der Waals surface area (Å²) in [7, 11) is -3.54. The van der Waals surface area contributed by atoms with E-state index in [0.717, 1.165) is 23.3 Å². The van der Waals surface area contributed by atoms with Gasteiger partial charge in [-0.2, -0.15) is 4.31 Å². The Hall–Kier alpha value is -1.67. The molecule has 0 saturated carbocycles. The first kappa shape index (κ1) is 20.1. The molecular weight excluding hydrogens is 404 g/mol. The first-order chi connectivity index (χ1) is 12.9. The molecule has 0 radical (unpaired) electrons. The number of hydrogen-bond acceptors (Lipinski definition) is 4. The molecule has 0 bridgehead atoms. The Bertz CT molecular complexity index is 928. The fraction of sp³-hybridized carbons (Fsp3) is 0.316. The summed E-state index contributed by atoms with van der Waals surface area (Å²) >= 11 is 6.90. The van der Waals surface area contributed by atoms with Gasteiger partial charge < -0.3 is 4.90 Å². The first-order valence-electron chi connectivity index (χ1n) is 8.71. The molecule has 3 rings (SSSR count). The van der Waals surface area contributed by atoms with E-state index in [2.05, 4.69) is 6.92 Å². The van der Waals surface area contributed by atoms with Crippen molar-refractivity contribution in [2.75, 3.05) is 26.2 Å². The zero-order chi connectivity index (χ0) is 19.4. The summed E-state index contributed by atoms with van der Waals surface area (Å²) in [6.45, 7) is 3.40. The van der Waals surface area contributed by atoms with Crippen LogP contribution < -0.4 is 0 Å². The number of hydrogen-bond donors (Lipinski definition) is 0. The van der Waals surface area contributed by atoms with Crippen LogP contribution in [0.15, 0.2) is 46.7 Å². The lowest BCUT2D eigenvalue weighted by Crippen LogP contribution is -2.50. The minimum atomic E-state index is -3.54. The molecule has 27 heavy (non-hydrogen) atoms. The van der Waals surface area contributed by atoms with E-state index in [4.69, 9.17) is 11.6 Å². The predicted molar refractivity (Wildman–Crippen MR) is 110 cm³/mol. The van der Waals surface area contributed by atoms with Crippen molar-refractivity contribution in [2.24, 2.45) is 0 Å². The molecule has 0 spiro atoms. The van der Waals surface area contributed by atoms with Crippen molar-refractivity contribution in [2.45, 2.75) is 17.6 Å². The quantitative estimate of drug-likeness (QED) is 0.690. The Morgan fingerprint density at radius 1 is 1.11 bits per heavy atom. The lowest BCUT2D eigenvalue weighted by molar-refractivity contribution is -0.127. The number of carbonyl (C=O) groups is 1. The second kappa shape index (κ2) is 8.56. The Morgan fingerprint density at radius 2 is 1.78 bits per heavy atom. The van der Waals surface area contributed by atoms with E-state index in [1.165, 1.54) is 15.9 Å². The summed E-state index contributed by atoms with van der Waals surface area (Å²) in [5.74, 6) is -0.106. The van der Waals surface area contributed by atoms with Crippen LogP contribution in [-0.2, 0) is 21.2 Å². The number of benzene rings is 1. The Kier molecular flexibility index (Phi) is 6.37. The number of rotatable bonds is 5. The maximum Gasteiger partial charge on any atom is 0.252 e. The molecule has 1 aliphatic heterocycles. The molecule has 0 unspecified atom stereocenters. The smallest absolute Gasteiger partial charge is 0.252 e. The minimum absolute atomic E-state index is 0.106. The summed E-state index contributed by atoms with van der Waals surface area (Å²) in [5.41, 5.74) is 2.22. The minimum Gasteiger partial charge on any atom is -0.337 e. The SMILES string of the molecule is CCc1ccc(C=CC(=O)N2CCN(S(=O)(=O)c3ccc(Cl)s3)CC2)cc1. The van der Waals surface area contributed by atoms with E-state index < -0.39 is 10.0 Å². The Morgan fingerprint density at radius 3 is 2.33 bits per heavy atom. The van der Waals surface area contributed by atoms with Crippen LogP contribution in [-0.4, -0.2) is 49.7 Å². The van der Waals surface area contributed by atoms with E-state index in [0.29, 0.717) is 17.4 Å². The van der Waals surface area contributed by atoms with Gasteiger partial charge in [0.25, 0.3) is 10.0 Å². The van der Waals surface area contributed by atoms with E-state index >= 15 is 0 Å². The molecule has 1 saturated heterocycles. The molecule has 5 nitrogen and oxygen atoms in total. The van der Waals surface area contributed by atoms with Crippen molar-refractivity contribution in [3.05, 3.63) is 57.9 Å². The van der Waals surface area contributed by atoms with Crippen LogP contribution in [0.2, 0.25) is 4.34 Å². The van der Waals surface area contributed by atoms with E-state index in [1.54, 1.807) is 23.1 Å². The maximum absolute atomic E-state index is 12.6. The fourth-order valence-corrected chi connectivity index (χ4v) is 5.91. The second-order valence-electron chi connectivity index (χ2n) is 6.22. The molecular formula is C19H21ClN2O3S2. The van der Waals surface area contributed by atoms with Gasteiger partial charge in [0, 0.05) is 32.3 Å². The highest BCUT2D eigenvalue weighted by Gasteiger charge is 2.30. The molecule has 1 amide bonds. The van der Waals surface area contributed by atoms with Crippen LogP contribution >= 0.6 is 22.9 Å². The summed E-state index contributed by atoms with van der Waals surface area (Å²) in [4.78, 5) is 14.1. The highest BCUT2D eigenvalue weighted by atomic mass is 35.5. The van der Waals surface area contributed by atoms with Crippen LogP contribution in [0.4, 0.5) is 0 Å². The van der Waals surface area contributed by atoms with Crippen molar-refractivity contribution >= 4 is 44.9 Å². The van der Waals surface area contributed by atoms with Crippen molar-refractivity contribution in [1.82, 2.24) is 9.21 Å². The van der Waals surface area contributed by atoms with Crippen LogP contribution in [0, 0.1) is 0 Å². The van der Waals surface area contributed by atoms with Crippen molar-refractivity contribution in [3.8, 4) is 0 Å². The van der Waals surface area contributed by atoms with Crippen LogP contribution in [0.5, 0.6) is 0 Å². The van der Waals surface area contributed by atoms with E-state index in [1.807, 2.05) is 24.3 Å². The number of thiophene rings is 1. The Balaban J connectivity index is 1.58. The number of piperazine rings is 1. The lowest BCUT2D eigenvalue weighted by atomic mass is 10.1. The fourth-order valence-electron chi connectivity index (χ4n) is 2.85.